The fraction of sp³-hybridized carbons (Fsp3) is 0.500. The minimum atomic E-state index is 0.807. The highest BCUT2D eigenvalue weighted by molar-refractivity contribution is 7.17. The van der Waals surface area contributed by atoms with Gasteiger partial charge in [-0.05, 0) is 86.0 Å². The number of aryl methyl sites for hydroxylation is 1. The molecule has 0 saturated heterocycles. The van der Waals surface area contributed by atoms with Crippen LogP contribution in [0, 0.1) is 18.8 Å². The van der Waals surface area contributed by atoms with Gasteiger partial charge in [-0.2, -0.15) is 0 Å². The lowest BCUT2D eigenvalue weighted by Crippen LogP contribution is -2.21. The van der Waals surface area contributed by atoms with E-state index in [4.69, 9.17) is 0 Å². The highest BCUT2D eigenvalue weighted by atomic mass is 32.1. The molecule has 1 saturated carbocycles. The van der Waals surface area contributed by atoms with Crippen LogP contribution < -0.4 is 0 Å². The molecule has 1 heterocycles. The number of rotatable bonds is 3. The molecule has 2 aromatic rings. The van der Waals surface area contributed by atoms with Crippen molar-refractivity contribution in [2.75, 3.05) is 20.6 Å². The number of fused-ring (bicyclic) bond motifs is 3. The Morgan fingerprint density at radius 3 is 2.91 bits per heavy atom. The first-order chi connectivity index (χ1) is 10.6. The second-order valence-corrected chi connectivity index (χ2v) is 8.32. The van der Waals surface area contributed by atoms with Gasteiger partial charge in [-0.1, -0.05) is 23.8 Å². The second-order valence-electron chi connectivity index (χ2n) is 7.44. The summed E-state index contributed by atoms with van der Waals surface area (Å²) in [7, 11) is 4.41. The molecule has 0 unspecified atom stereocenters. The van der Waals surface area contributed by atoms with Gasteiger partial charge < -0.3 is 4.90 Å². The molecule has 116 valence electrons. The molecule has 0 radical (unpaired) electrons. The largest absolute Gasteiger partial charge is 0.305 e. The van der Waals surface area contributed by atoms with Gasteiger partial charge in [0.15, 0.2) is 0 Å². The molecule has 2 aliphatic rings. The van der Waals surface area contributed by atoms with Gasteiger partial charge in [0.25, 0.3) is 0 Å². The van der Waals surface area contributed by atoms with Crippen LogP contribution in [-0.2, 0) is 0 Å². The first-order valence-corrected chi connectivity index (χ1v) is 9.35. The maximum Gasteiger partial charge on any atom is 0.0420 e. The number of likely N-dealkylation sites (N-methyl/N-ethyl adjacent to an activating group) is 1. The van der Waals surface area contributed by atoms with Crippen LogP contribution >= 0.6 is 11.3 Å². The predicted molar refractivity (Wildman–Crippen MR) is 97.5 cm³/mol. The molecule has 0 N–H and O–H groups in total. The Kier molecular flexibility index (Phi) is 3.62. The number of hydrogen-bond donors (Lipinski definition) is 0. The van der Waals surface area contributed by atoms with Crippen LogP contribution in [0.25, 0.3) is 15.7 Å². The highest BCUT2D eigenvalue weighted by Gasteiger charge is 2.35. The fourth-order valence-corrected chi connectivity index (χ4v) is 5.69. The molecule has 1 aromatic heterocycles. The average Bonchev–Trinajstić information content (AvgIpc) is 3.04. The van der Waals surface area contributed by atoms with Crippen LogP contribution in [0.3, 0.4) is 0 Å². The monoisotopic (exact) mass is 311 g/mol. The van der Waals surface area contributed by atoms with E-state index in [2.05, 4.69) is 49.5 Å². The van der Waals surface area contributed by atoms with Crippen molar-refractivity contribution in [3.63, 3.8) is 0 Å². The molecule has 1 aromatic carbocycles. The molecular weight excluding hydrogens is 286 g/mol. The third-order valence-corrected chi connectivity index (χ3v) is 6.60. The van der Waals surface area contributed by atoms with Gasteiger partial charge in [0.05, 0.1) is 0 Å². The fourth-order valence-electron chi connectivity index (χ4n) is 4.61. The van der Waals surface area contributed by atoms with E-state index in [0.29, 0.717) is 0 Å². The molecule has 1 nitrogen and oxygen atoms in total. The third-order valence-electron chi connectivity index (χ3n) is 5.46. The minimum absolute atomic E-state index is 0.807. The van der Waals surface area contributed by atoms with E-state index in [0.717, 1.165) is 18.4 Å². The summed E-state index contributed by atoms with van der Waals surface area (Å²) in [5.74, 6) is 1.76. The number of hydrogen-bond acceptors (Lipinski definition) is 2. The zero-order valence-corrected chi connectivity index (χ0v) is 14.7. The lowest BCUT2D eigenvalue weighted by Gasteiger charge is -2.29. The zero-order chi connectivity index (χ0) is 15.3. The zero-order valence-electron chi connectivity index (χ0n) is 13.9. The van der Waals surface area contributed by atoms with Gasteiger partial charge >= 0.3 is 0 Å². The van der Waals surface area contributed by atoms with E-state index in [9.17, 15) is 0 Å². The maximum atomic E-state index is 2.38. The lowest BCUT2D eigenvalue weighted by molar-refractivity contribution is 0.413. The summed E-state index contributed by atoms with van der Waals surface area (Å²) in [5.41, 5.74) is 6.38. The Morgan fingerprint density at radius 2 is 2.09 bits per heavy atom. The smallest absolute Gasteiger partial charge is 0.0420 e. The third kappa shape index (κ3) is 2.33. The maximum absolute atomic E-state index is 2.38. The normalized spacial score (nSPS) is 24.7. The molecule has 2 heteroatoms. The first-order valence-electron chi connectivity index (χ1n) is 8.47. The average molecular weight is 311 g/mol. The molecule has 22 heavy (non-hydrogen) atoms. The Labute approximate surface area is 137 Å². The van der Waals surface area contributed by atoms with E-state index in [1.165, 1.54) is 46.9 Å². The molecule has 2 aliphatic carbocycles. The van der Waals surface area contributed by atoms with Crippen molar-refractivity contribution < 1.29 is 0 Å². The van der Waals surface area contributed by atoms with E-state index in [1.54, 1.807) is 11.1 Å². The van der Waals surface area contributed by atoms with Crippen molar-refractivity contribution >= 4 is 27.0 Å². The van der Waals surface area contributed by atoms with Gasteiger partial charge in [0, 0.05) is 11.2 Å². The van der Waals surface area contributed by atoms with Gasteiger partial charge in [-0.25, -0.2) is 0 Å². The molecule has 0 amide bonds. The summed E-state index contributed by atoms with van der Waals surface area (Å²) in [6.45, 7) is 3.37. The Bertz CT molecular complexity index is 737. The summed E-state index contributed by atoms with van der Waals surface area (Å²) in [5, 5.41) is 3.78. The molecule has 2 atom stereocenters. The van der Waals surface area contributed by atoms with Crippen LogP contribution in [0.5, 0.6) is 0 Å². The SMILES string of the molecule is Cc1csc2c(C3=C(CN(C)C)C[C@@H]4CC[C@H]3C4)cccc12. The molecular formula is C20H25NS. The number of benzene rings is 1. The van der Waals surface area contributed by atoms with Crippen LogP contribution in [-0.4, -0.2) is 25.5 Å². The van der Waals surface area contributed by atoms with Crippen molar-refractivity contribution in [1.29, 1.82) is 0 Å². The summed E-state index contributed by atoms with van der Waals surface area (Å²) in [6, 6.07) is 6.93. The highest BCUT2D eigenvalue weighted by Crippen LogP contribution is 2.50. The van der Waals surface area contributed by atoms with E-state index >= 15 is 0 Å². The lowest BCUT2D eigenvalue weighted by atomic mass is 9.79. The van der Waals surface area contributed by atoms with Crippen LogP contribution in [0.4, 0.5) is 0 Å². The standard InChI is InChI=1S/C20H25NS/c1-13-12-22-20-17(13)5-4-6-18(20)19-15-8-7-14(9-15)10-16(19)11-21(2)3/h4-6,12,14-15H,7-11H2,1-3H3/t14-,15+/m1/s1. The van der Waals surface area contributed by atoms with Crippen LogP contribution in [0.15, 0.2) is 29.2 Å². The van der Waals surface area contributed by atoms with Gasteiger partial charge in [-0.3, -0.25) is 0 Å². The molecule has 2 bridgehead atoms. The van der Waals surface area contributed by atoms with Crippen molar-refractivity contribution in [1.82, 2.24) is 4.90 Å². The van der Waals surface area contributed by atoms with E-state index in [-0.39, 0.29) is 0 Å². The van der Waals surface area contributed by atoms with Crippen molar-refractivity contribution in [3.05, 3.63) is 40.3 Å². The predicted octanol–water partition coefficient (Wildman–Crippen LogP) is 5.34. The Hall–Kier alpha value is -1.12. The summed E-state index contributed by atoms with van der Waals surface area (Å²) in [6.07, 6.45) is 5.58. The topological polar surface area (TPSA) is 3.24 Å². The van der Waals surface area contributed by atoms with Gasteiger partial charge in [0.2, 0.25) is 0 Å². The number of thiophene rings is 1. The molecule has 0 aliphatic heterocycles. The van der Waals surface area contributed by atoms with Crippen LogP contribution in [0.1, 0.15) is 36.8 Å². The minimum Gasteiger partial charge on any atom is -0.305 e. The Morgan fingerprint density at radius 1 is 1.23 bits per heavy atom. The molecule has 0 spiro atoms. The van der Waals surface area contributed by atoms with Crippen LogP contribution in [0.2, 0.25) is 0 Å². The summed E-state index contributed by atoms with van der Waals surface area (Å²) in [4.78, 5) is 2.35. The van der Waals surface area contributed by atoms with Gasteiger partial charge in [-0.15, -0.1) is 11.3 Å². The second kappa shape index (κ2) is 5.50. The number of allylic oxidation sites excluding steroid dienone is 1. The van der Waals surface area contributed by atoms with E-state index < -0.39 is 0 Å². The number of nitrogens with zero attached hydrogens (tertiary/aromatic N) is 1. The van der Waals surface area contributed by atoms with Crippen molar-refractivity contribution in [3.8, 4) is 0 Å². The van der Waals surface area contributed by atoms with Gasteiger partial charge in [0.1, 0.15) is 0 Å². The Balaban J connectivity index is 1.90. The van der Waals surface area contributed by atoms with E-state index in [1.807, 2.05) is 11.3 Å². The quantitative estimate of drug-likeness (QED) is 0.739. The first kappa shape index (κ1) is 14.5. The van der Waals surface area contributed by atoms with Crippen molar-refractivity contribution in [2.24, 2.45) is 11.8 Å². The van der Waals surface area contributed by atoms with Crippen molar-refractivity contribution in [2.45, 2.75) is 32.6 Å². The molecule has 4 rings (SSSR count). The molecule has 1 fully saturated rings. The summed E-state index contributed by atoms with van der Waals surface area (Å²) >= 11 is 1.93. The summed E-state index contributed by atoms with van der Waals surface area (Å²) < 4.78 is 1.51.